The molecule has 1 aliphatic carbocycles. The molecule has 0 aromatic carbocycles. The Hall–Kier alpha value is -0.380. The minimum absolute atomic E-state index is 0.442. The van der Waals surface area contributed by atoms with Crippen LogP contribution in [-0.2, 0) is 19.4 Å². The van der Waals surface area contributed by atoms with Gasteiger partial charge in [0.05, 0.1) is 0 Å². The number of hydrogen-bond acceptors (Lipinski definition) is 3. The molecular weight excluding hydrogens is 216 g/mol. The van der Waals surface area contributed by atoms with Gasteiger partial charge in [-0.05, 0) is 36.8 Å². The first-order chi connectivity index (χ1) is 7.70. The maximum Gasteiger partial charge on any atom is 0.0303 e. The Morgan fingerprint density at radius 2 is 2.25 bits per heavy atom. The van der Waals surface area contributed by atoms with Gasteiger partial charge in [-0.25, -0.2) is 0 Å². The molecule has 0 bridgehead atoms. The van der Waals surface area contributed by atoms with Crippen molar-refractivity contribution in [3.05, 3.63) is 21.4 Å². The SMILES string of the molecule is CC(C)C(CN)NCc1cc2c(s1)CCC2. The highest BCUT2D eigenvalue weighted by Gasteiger charge is 2.16. The molecule has 1 atom stereocenters. The van der Waals surface area contributed by atoms with Crippen LogP contribution >= 0.6 is 11.3 Å². The zero-order valence-corrected chi connectivity index (χ0v) is 11.1. The van der Waals surface area contributed by atoms with Crippen molar-refractivity contribution in [2.75, 3.05) is 6.54 Å². The Morgan fingerprint density at radius 3 is 2.88 bits per heavy atom. The van der Waals surface area contributed by atoms with Gasteiger partial charge in [0, 0.05) is 28.9 Å². The maximum absolute atomic E-state index is 5.75. The second-order valence-corrected chi connectivity index (χ2v) is 6.20. The number of hydrogen-bond donors (Lipinski definition) is 2. The van der Waals surface area contributed by atoms with Gasteiger partial charge in [-0.2, -0.15) is 0 Å². The Balaban J connectivity index is 1.89. The molecule has 0 saturated carbocycles. The molecule has 0 saturated heterocycles. The van der Waals surface area contributed by atoms with Crippen molar-refractivity contribution >= 4 is 11.3 Å². The highest BCUT2D eigenvalue weighted by atomic mass is 32.1. The summed E-state index contributed by atoms with van der Waals surface area (Å²) in [6.07, 6.45) is 3.94. The van der Waals surface area contributed by atoms with Crippen molar-refractivity contribution in [1.29, 1.82) is 0 Å². The summed E-state index contributed by atoms with van der Waals surface area (Å²) in [6, 6.07) is 2.82. The highest BCUT2D eigenvalue weighted by molar-refractivity contribution is 7.12. The van der Waals surface area contributed by atoms with Gasteiger partial charge in [-0.3, -0.25) is 0 Å². The summed E-state index contributed by atoms with van der Waals surface area (Å²) >= 11 is 1.98. The van der Waals surface area contributed by atoms with E-state index >= 15 is 0 Å². The van der Waals surface area contributed by atoms with Crippen molar-refractivity contribution in [3.63, 3.8) is 0 Å². The summed E-state index contributed by atoms with van der Waals surface area (Å²) in [5.74, 6) is 0.608. The van der Waals surface area contributed by atoms with E-state index in [1.165, 1.54) is 24.1 Å². The predicted molar refractivity (Wildman–Crippen MR) is 70.9 cm³/mol. The largest absolute Gasteiger partial charge is 0.329 e. The smallest absolute Gasteiger partial charge is 0.0303 e. The Kier molecular flexibility index (Phi) is 4.00. The molecule has 3 heteroatoms. The summed E-state index contributed by atoms with van der Waals surface area (Å²) < 4.78 is 0. The lowest BCUT2D eigenvalue weighted by molar-refractivity contribution is 0.406. The van der Waals surface area contributed by atoms with Crippen LogP contribution in [0.15, 0.2) is 6.07 Å². The van der Waals surface area contributed by atoms with E-state index in [9.17, 15) is 0 Å². The monoisotopic (exact) mass is 238 g/mol. The molecule has 1 unspecified atom stereocenters. The van der Waals surface area contributed by atoms with E-state index < -0.39 is 0 Å². The van der Waals surface area contributed by atoms with E-state index in [1.54, 1.807) is 10.4 Å². The van der Waals surface area contributed by atoms with E-state index in [-0.39, 0.29) is 0 Å². The number of nitrogens with one attached hydrogen (secondary N) is 1. The van der Waals surface area contributed by atoms with Gasteiger partial charge in [0.2, 0.25) is 0 Å². The Labute approximate surface area is 102 Å². The molecule has 2 nitrogen and oxygen atoms in total. The highest BCUT2D eigenvalue weighted by Crippen LogP contribution is 2.30. The van der Waals surface area contributed by atoms with Crippen LogP contribution in [0.4, 0.5) is 0 Å². The molecule has 2 rings (SSSR count). The Morgan fingerprint density at radius 1 is 1.44 bits per heavy atom. The number of aryl methyl sites for hydroxylation is 2. The van der Waals surface area contributed by atoms with Crippen molar-refractivity contribution in [1.82, 2.24) is 5.32 Å². The molecule has 0 amide bonds. The summed E-state index contributed by atoms with van der Waals surface area (Å²) in [7, 11) is 0. The van der Waals surface area contributed by atoms with Gasteiger partial charge in [-0.1, -0.05) is 13.8 Å². The average Bonchev–Trinajstić information content (AvgIpc) is 2.77. The normalized spacial score (nSPS) is 16.8. The van der Waals surface area contributed by atoms with Gasteiger partial charge in [-0.15, -0.1) is 11.3 Å². The molecule has 90 valence electrons. The lowest BCUT2D eigenvalue weighted by atomic mass is 10.0. The van der Waals surface area contributed by atoms with Crippen molar-refractivity contribution in [3.8, 4) is 0 Å². The number of thiophene rings is 1. The molecule has 1 aromatic heterocycles. The van der Waals surface area contributed by atoms with E-state index in [0.717, 1.165) is 13.1 Å². The topological polar surface area (TPSA) is 38.0 Å². The predicted octanol–water partition coefficient (Wildman–Crippen LogP) is 2.31. The van der Waals surface area contributed by atoms with E-state index in [4.69, 9.17) is 5.73 Å². The van der Waals surface area contributed by atoms with Gasteiger partial charge in [0.1, 0.15) is 0 Å². The van der Waals surface area contributed by atoms with Crippen LogP contribution in [0, 0.1) is 5.92 Å². The first kappa shape index (κ1) is 12.1. The summed E-state index contributed by atoms with van der Waals surface area (Å²) in [4.78, 5) is 3.09. The van der Waals surface area contributed by atoms with Crippen LogP contribution in [0.3, 0.4) is 0 Å². The first-order valence-corrected chi connectivity index (χ1v) is 7.06. The molecule has 16 heavy (non-hydrogen) atoms. The van der Waals surface area contributed by atoms with E-state index in [1.807, 2.05) is 11.3 Å². The molecule has 0 aliphatic heterocycles. The fourth-order valence-electron chi connectivity index (χ4n) is 2.30. The van der Waals surface area contributed by atoms with E-state index in [2.05, 4.69) is 25.2 Å². The minimum atomic E-state index is 0.442. The molecule has 1 heterocycles. The minimum Gasteiger partial charge on any atom is -0.329 e. The first-order valence-electron chi connectivity index (χ1n) is 6.24. The van der Waals surface area contributed by atoms with Crippen molar-refractivity contribution in [2.45, 2.75) is 45.7 Å². The summed E-state index contributed by atoms with van der Waals surface area (Å²) in [6.45, 7) is 6.15. The molecule has 0 fully saturated rings. The van der Waals surface area contributed by atoms with Crippen molar-refractivity contribution < 1.29 is 0 Å². The molecular formula is C13H22N2S. The fraction of sp³-hybridized carbons (Fsp3) is 0.692. The van der Waals surface area contributed by atoms with Crippen LogP contribution in [0.1, 0.15) is 35.6 Å². The second kappa shape index (κ2) is 5.30. The summed E-state index contributed by atoms with van der Waals surface area (Å²) in [5, 5.41) is 3.56. The van der Waals surface area contributed by atoms with Crippen molar-refractivity contribution in [2.24, 2.45) is 11.7 Å². The lowest BCUT2D eigenvalue weighted by Gasteiger charge is -2.20. The second-order valence-electron chi connectivity index (χ2n) is 4.98. The van der Waals surface area contributed by atoms with Crippen LogP contribution in [0.25, 0.3) is 0 Å². The summed E-state index contributed by atoms with van der Waals surface area (Å²) in [5.41, 5.74) is 7.34. The van der Waals surface area contributed by atoms with E-state index in [0.29, 0.717) is 12.0 Å². The van der Waals surface area contributed by atoms with Crippen LogP contribution < -0.4 is 11.1 Å². The third kappa shape index (κ3) is 2.65. The van der Waals surface area contributed by atoms with Gasteiger partial charge >= 0.3 is 0 Å². The standard InChI is InChI=1S/C13H22N2S/c1-9(2)12(7-14)15-8-11-6-10-4-3-5-13(10)16-11/h6,9,12,15H,3-5,7-8,14H2,1-2H3. The maximum atomic E-state index is 5.75. The third-order valence-electron chi connectivity index (χ3n) is 3.39. The van der Waals surface area contributed by atoms with Crippen LogP contribution in [-0.4, -0.2) is 12.6 Å². The number of nitrogens with two attached hydrogens (primary N) is 1. The molecule has 1 aliphatic rings. The quantitative estimate of drug-likeness (QED) is 0.826. The zero-order chi connectivity index (χ0) is 11.5. The zero-order valence-electron chi connectivity index (χ0n) is 10.3. The Bertz CT molecular complexity index is 322. The lowest BCUT2D eigenvalue weighted by Crippen LogP contribution is -2.39. The fourth-order valence-corrected chi connectivity index (χ4v) is 3.51. The number of fused-ring (bicyclic) bond motifs is 1. The molecule has 3 N–H and O–H groups in total. The molecule has 1 aromatic rings. The molecule has 0 radical (unpaired) electrons. The van der Waals surface area contributed by atoms with Crippen LogP contribution in [0.5, 0.6) is 0 Å². The van der Waals surface area contributed by atoms with Gasteiger partial charge in [0.15, 0.2) is 0 Å². The van der Waals surface area contributed by atoms with Gasteiger partial charge in [0.25, 0.3) is 0 Å². The van der Waals surface area contributed by atoms with Crippen LogP contribution in [0.2, 0.25) is 0 Å². The molecule has 0 spiro atoms. The van der Waals surface area contributed by atoms with Gasteiger partial charge < -0.3 is 11.1 Å². The average molecular weight is 238 g/mol. The third-order valence-corrected chi connectivity index (χ3v) is 4.63. The number of rotatable bonds is 5.